The number of aryl methyl sites for hydroxylation is 1. The van der Waals surface area contributed by atoms with Crippen molar-refractivity contribution in [2.75, 3.05) is 11.9 Å². The fourth-order valence-electron chi connectivity index (χ4n) is 3.04. The number of aromatic nitrogens is 1. The summed E-state index contributed by atoms with van der Waals surface area (Å²) in [4.78, 5) is 27.6. The number of rotatable bonds is 4. The Morgan fingerprint density at radius 2 is 2.00 bits per heavy atom. The van der Waals surface area contributed by atoms with Crippen LogP contribution >= 0.6 is 0 Å². The third-order valence-electron chi connectivity index (χ3n) is 4.19. The van der Waals surface area contributed by atoms with E-state index < -0.39 is 18.7 Å². The molecule has 3 rings (SSSR count). The molecule has 1 heterocycles. The van der Waals surface area contributed by atoms with Crippen LogP contribution < -0.4 is 10.1 Å². The molecule has 0 unspecified atom stereocenters. The number of carbonyl (C=O) groups is 2. The molecule has 5 nitrogen and oxygen atoms in total. The molecule has 0 spiro atoms. The number of nitrogens with one attached hydrogen (secondary N) is 2. The Balaban J connectivity index is 1.82. The molecular formula is C18H17F3N2O3. The second-order valence-electron chi connectivity index (χ2n) is 6.11. The van der Waals surface area contributed by atoms with Gasteiger partial charge in [0.15, 0.2) is 12.4 Å². The van der Waals surface area contributed by atoms with Gasteiger partial charge in [0.1, 0.15) is 11.4 Å². The number of fused-ring (bicyclic) bond motifs is 1. The van der Waals surface area contributed by atoms with Gasteiger partial charge in [0.2, 0.25) is 0 Å². The summed E-state index contributed by atoms with van der Waals surface area (Å²) in [5.41, 5.74) is 2.18. The first-order chi connectivity index (χ1) is 12.3. The number of carbonyl (C=O) groups excluding carboxylic acids is 2. The Morgan fingerprint density at radius 1 is 1.27 bits per heavy atom. The number of H-pyrrole nitrogens is 1. The average molecular weight is 366 g/mol. The quantitative estimate of drug-likeness (QED) is 0.858. The van der Waals surface area contributed by atoms with Crippen molar-refractivity contribution in [3.05, 3.63) is 46.8 Å². The normalized spacial score (nSPS) is 14.1. The topological polar surface area (TPSA) is 71.2 Å². The van der Waals surface area contributed by atoms with E-state index in [-0.39, 0.29) is 22.9 Å². The number of ether oxygens (including phenoxy) is 1. The summed E-state index contributed by atoms with van der Waals surface area (Å²) in [5.74, 6) is -0.621. The number of alkyl halides is 3. The van der Waals surface area contributed by atoms with Crippen molar-refractivity contribution >= 4 is 17.4 Å². The summed E-state index contributed by atoms with van der Waals surface area (Å²) in [6.07, 6.45) is -2.63. The van der Waals surface area contributed by atoms with Crippen LogP contribution in [0.25, 0.3) is 0 Å². The van der Waals surface area contributed by atoms with Crippen LogP contribution in [0.4, 0.5) is 18.9 Å². The lowest BCUT2D eigenvalue weighted by Crippen LogP contribution is -2.20. The van der Waals surface area contributed by atoms with Gasteiger partial charge >= 0.3 is 6.18 Å². The monoisotopic (exact) mass is 366 g/mol. The second kappa shape index (κ2) is 6.86. The van der Waals surface area contributed by atoms with Crippen molar-refractivity contribution < 1.29 is 27.5 Å². The van der Waals surface area contributed by atoms with E-state index in [0.717, 1.165) is 12.1 Å². The van der Waals surface area contributed by atoms with Crippen LogP contribution in [0.1, 0.15) is 44.9 Å². The van der Waals surface area contributed by atoms with E-state index >= 15 is 0 Å². The standard InChI is InChI=1S/C18H17F3N2O3/c1-10-15-12(6-4-7-13(15)24)22-16(10)17(25)23-11-5-2-3-8-14(11)26-9-18(19,20)21/h2-3,5,8,22H,4,6-7,9H2,1H3,(H,23,25). The van der Waals surface area contributed by atoms with Gasteiger partial charge in [0.05, 0.1) is 5.69 Å². The van der Waals surface area contributed by atoms with Crippen LogP contribution in [-0.4, -0.2) is 29.5 Å². The molecule has 1 aliphatic rings. The van der Waals surface area contributed by atoms with E-state index in [4.69, 9.17) is 4.74 Å². The molecule has 1 amide bonds. The summed E-state index contributed by atoms with van der Waals surface area (Å²) in [6, 6.07) is 5.88. The predicted molar refractivity (Wildman–Crippen MR) is 88.7 cm³/mol. The molecule has 1 aromatic carbocycles. The predicted octanol–water partition coefficient (Wildman–Crippen LogP) is 4.04. The first-order valence-electron chi connectivity index (χ1n) is 8.11. The zero-order valence-corrected chi connectivity index (χ0v) is 14.0. The van der Waals surface area contributed by atoms with Gasteiger partial charge in [0, 0.05) is 17.7 Å². The van der Waals surface area contributed by atoms with Crippen LogP contribution in [0, 0.1) is 6.92 Å². The minimum Gasteiger partial charge on any atom is -0.482 e. The van der Waals surface area contributed by atoms with Gasteiger partial charge in [-0.05, 0) is 37.5 Å². The van der Waals surface area contributed by atoms with Crippen molar-refractivity contribution in [1.29, 1.82) is 0 Å². The Bertz CT molecular complexity index is 856. The van der Waals surface area contributed by atoms with E-state index in [0.29, 0.717) is 24.0 Å². The highest BCUT2D eigenvalue weighted by atomic mass is 19.4. The van der Waals surface area contributed by atoms with Crippen LogP contribution in [-0.2, 0) is 6.42 Å². The van der Waals surface area contributed by atoms with Crippen molar-refractivity contribution in [2.24, 2.45) is 0 Å². The van der Waals surface area contributed by atoms with Crippen molar-refractivity contribution in [3.8, 4) is 5.75 Å². The fraction of sp³-hybridized carbons (Fsp3) is 0.333. The number of aromatic amines is 1. The molecule has 0 fully saturated rings. The van der Waals surface area contributed by atoms with Gasteiger partial charge in [0.25, 0.3) is 5.91 Å². The van der Waals surface area contributed by atoms with Crippen molar-refractivity contribution in [1.82, 2.24) is 4.98 Å². The largest absolute Gasteiger partial charge is 0.482 e. The van der Waals surface area contributed by atoms with Crippen molar-refractivity contribution in [2.45, 2.75) is 32.4 Å². The molecule has 0 bridgehead atoms. The Hall–Kier alpha value is -2.77. The van der Waals surface area contributed by atoms with Gasteiger partial charge in [-0.1, -0.05) is 12.1 Å². The minimum absolute atomic E-state index is 0.00652. The first kappa shape index (κ1) is 18.0. The molecule has 138 valence electrons. The minimum atomic E-state index is -4.48. The maximum Gasteiger partial charge on any atom is 0.422 e. The number of anilines is 1. The molecule has 26 heavy (non-hydrogen) atoms. The number of ketones is 1. The SMILES string of the molecule is Cc1c(C(=O)Nc2ccccc2OCC(F)(F)F)[nH]c2c1C(=O)CCC2. The van der Waals surface area contributed by atoms with Gasteiger partial charge in [-0.2, -0.15) is 13.2 Å². The molecule has 0 aliphatic heterocycles. The van der Waals surface area contributed by atoms with Crippen LogP contribution in [0.15, 0.2) is 24.3 Å². The number of amides is 1. The zero-order chi connectivity index (χ0) is 18.9. The summed E-state index contributed by atoms with van der Waals surface area (Å²) in [6.45, 7) is 0.226. The first-order valence-corrected chi connectivity index (χ1v) is 8.11. The molecule has 1 aromatic heterocycles. The van der Waals surface area contributed by atoms with Gasteiger partial charge in [-0.25, -0.2) is 0 Å². The molecule has 0 saturated heterocycles. The smallest absolute Gasteiger partial charge is 0.422 e. The second-order valence-corrected chi connectivity index (χ2v) is 6.11. The number of hydrogen-bond acceptors (Lipinski definition) is 3. The maximum atomic E-state index is 12.6. The van der Waals surface area contributed by atoms with E-state index in [1.807, 2.05) is 0 Å². The van der Waals surface area contributed by atoms with Gasteiger partial charge in [-0.15, -0.1) is 0 Å². The zero-order valence-electron chi connectivity index (χ0n) is 14.0. The molecule has 1 aliphatic carbocycles. The lowest BCUT2D eigenvalue weighted by atomic mass is 9.94. The van der Waals surface area contributed by atoms with E-state index in [9.17, 15) is 22.8 Å². The fourth-order valence-corrected chi connectivity index (χ4v) is 3.04. The van der Waals surface area contributed by atoms with Crippen LogP contribution in [0.5, 0.6) is 5.75 Å². The van der Waals surface area contributed by atoms with E-state index in [1.165, 1.54) is 18.2 Å². The summed E-state index contributed by atoms with van der Waals surface area (Å²) < 4.78 is 41.9. The molecule has 2 aromatic rings. The van der Waals surface area contributed by atoms with Crippen LogP contribution in [0.3, 0.4) is 0 Å². The molecule has 2 N–H and O–H groups in total. The Labute approximate surface area is 147 Å². The number of hydrogen-bond donors (Lipinski definition) is 2. The molecule has 0 atom stereocenters. The molecule has 8 heteroatoms. The summed E-state index contributed by atoms with van der Waals surface area (Å²) >= 11 is 0. The summed E-state index contributed by atoms with van der Waals surface area (Å²) in [5, 5.41) is 2.55. The van der Waals surface area contributed by atoms with E-state index in [1.54, 1.807) is 13.0 Å². The van der Waals surface area contributed by atoms with Crippen LogP contribution in [0.2, 0.25) is 0 Å². The Morgan fingerprint density at radius 3 is 2.69 bits per heavy atom. The highest BCUT2D eigenvalue weighted by Crippen LogP contribution is 2.29. The number of benzene rings is 1. The van der Waals surface area contributed by atoms with Gasteiger partial charge < -0.3 is 15.0 Å². The number of para-hydroxylation sites is 2. The third-order valence-corrected chi connectivity index (χ3v) is 4.19. The lowest BCUT2D eigenvalue weighted by molar-refractivity contribution is -0.153. The van der Waals surface area contributed by atoms with Gasteiger partial charge in [-0.3, -0.25) is 9.59 Å². The molecule has 0 saturated carbocycles. The maximum absolute atomic E-state index is 12.6. The number of Topliss-reactive ketones (excluding diaryl/α,β-unsaturated/α-hetero) is 1. The lowest BCUT2D eigenvalue weighted by Gasteiger charge is -2.13. The molecule has 0 radical (unpaired) electrons. The highest BCUT2D eigenvalue weighted by molar-refractivity contribution is 6.08. The average Bonchev–Trinajstić information content (AvgIpc) is 2.91. The Kier molecular flexibility index (Phi) is 4.76. The third kappa shape index (κ3) is 3.74. The highest BCUT2D eigenvalue weighted by Gasteiger charge is 2.29. The molecular weight excluding hydrogens is 349 g/mol. The number of halogens is 3. The van der Waals surface area contributed by atoms with Crippen molar-refractivity contribution in [3.63, 3.8) is 0 Å². The summed E-state index contributed by atoms with van der Waals surface area (Å²) in [7, 11) is 0. The van der Waals surface area contributed by atoms with E-state index in [2.05, 4.69) is 10.3 Å².